The fraction of sp³-hybridized carbons (Fsp3) is 0. The summed E-state index contributed by atoms with van der Waals surface area (Å²) in [6, 6.07) is 30.6. The smallest absolute Gasteiger partial charge is 0.0211 e. The molecule has 0 aliphatic heterocycles. The van der Waals surface area contributed by atoms with E-state index < -0.39 is 13.9 Å². The Morgan fingerprint density at radius 1 is 0.567 bits per heavy atom. The van der Waals surface area contributed by atoms with Crippen molar-refractivity contribution in [3.63, 3.8) is 0 Å². The molecule has 1 aliphatic rings. The van der Waals surface area contributed by atoms with Gasteiger partial charge in [0.15, 0.2) is 0 Å². The van der Waals surface area contributed by atoms with Gasteiger partial charge < -0.3 is 0 Å². The van der Waals surface area contributed by atoms with Gasteiger partial charge in [0.25, 0.3) is 0 Å². The molecular formula is C26H18MnO3. The summed E-state index contributed by atoms with van der Waals surface area (Å²) in [4.78, 5) is 28.7. The van der Waals surface area contributed by atoms with E-state index in [1.54, 1.807) is 0 Å². The van der Waals surface area contributed by atoms with Gasteiger partial charge in [-0.05, 0) is 50.2 Å². The van der Waals surface area contributed by atoms with E-state index in [2.05, 4.69) is 91.3 Å². The molecule has 0 spiro atoms. The van der Waals surface area contributed by atoms with Crippen molar-refractivity contribution >= 4 is 26.3 Å². The molecule has 0 saturated heterocycles. The van der Waals surface area contributed by atoms with Crippen LogP contribution in [0.1, 0.15) is 11.1 Å². The van der Waals surface area contributed by atoms with Gasteiger partial charge in [-0.3, -0.25) is 0 Å². The first kappa shape index (κ1) is 20.0. The summed E-state index contributed by atoms with van der Waals surface area (Å²) in [6.07, 6.45) is 2.28. The molecule has 0 bridgehead atoms. The molecule has 0 fully saturated rings. The maximum Gasteiger partial charge on any atom is 0.0211 e. The quantitative estimate of drug-likeness (QED) is 0.287. The molecule has 0 unspecified atom stereocenters. The van der Waals surface area contributed by atoms with E-state index in [1.807, 2.05) is 0 Å². The van der Waals surface area contributed by atoms with E-state index in [0.29, 0.717) is 15.6 Å². The molecule has 0 N–H and O–H groups in total. The van der Waals surface area contributed by atoms with Crippen LogP contribution in [0.5, 0.6) is 0 Å². The van der Waals surface area contributed by atoms with Crippen molar-refractivity contribution in [2.75, 3.05) is 0 Å². The summed E-state index contributed by atoms with van der Waals surface area (Å²) < 4.78 is 0. The van der Waals surface area contributed by atoms with Crippen molar-refractivity contribution in [3.05, 3.63) is 102 Å². The van der Waals surface area contributed by atoms with Crippen LogP contribution < -0.4 is 0 Å². The number of carbonyl (C=O) groups excluding carboxylic acids is 3. The minimum atomic E-state index is -1.92. The van der Waals surface area contributed by atoms with Gasteiger partial charge in [0.2, 0.25) is 0 Å². The van der Waals surface area contributed by atoms with Gasteiger partial charge in [0.1, 0.15) is 0 Å². The minimum absolute atomic E-state index is 0.396. The van der Waals surface area contributed by atoms with Crippen molar-refractivity contribution in [3.8, 4) is 22.3 Å². The molecule has 1 radical (unpaired) electrons. The van der Waals surface area contributed by atoms with Gasteiger partial charge in [0.05, 0.1) is 0 Å². The zero-order valence-corrected chi connectivity index (χ0v) is 17.2. The van der Waals surface area contributed by atoms with Gasteiger partial charge in [-0.1, -0.05) is 78.9 Å². The molecule has 0 atom stereocenters. The Morgan fingerprint density at radius 2 is 1.20 bits per heavy atom. The molecule has 0 aromatic heterocycles. The zero-order valence-electron chi connectivity index (χ0n) is 16.0. The maximum absolute atomic E-state index is 9.55. The van der Waals surface area contributed by atoms with Crippen LogP contribution in [0.4, 0.5) is 0 Å². The Hall–Kier alpha value is -3.33. The van der Waals surface area contributed by atoms with Crippen LogP contribution in [0.25, 0.3) is 33.0 Å². The van der Waals surface area contributed by atoms with Crippen molar-refractivity contribution in [1.82, 2.24) is 0 Å². The van der Waals surface area contributed by atoms with Gasteiger partial charge >= 0.3 is 43.8 Å². The summed E-state index contributed by atoms with van der Waals surface area (Å²) in [6.45, 7) is 0. The first-order valence-corrected chi connectivity index (χ1v) is 11.4. The Kier molecular flexibility index (Phi) is 5.99. The third kappa shape index (κ3) is 3.88. The Bertz CT molecular complexity index is 1220. The standard InChI is InChI=1S/C23H15.3CHO.Mn/c1-3-9-20-16(6-1)8-5-11-21(20)19-13-12-18-14-17-7-2-4-10-22(17)23(18)15-19;3*1-2;/h1-15H;3*1H;. The largest absolute Gasteiger partial charge is 0.0619 e. The van der Waals surface area contributed by atoms with E-state index in [9.17, 15) is 14.4 Å². The molecule has 5 rings (SSSR count). The molecule has 30 heavy (non-hydrogen) atoms. The number of benzene rings is 4. The first-order valence-electron chi connectivity index (χ1n) is 9.33. The predicted octanol–water partition coefficient (Wildman–Crippen LogP) is 5.26. The number of fused-ring (bicyclic) bond motifs is 4. The average molecular weight is 433 g/mol. The molecule has 0 heterocycles. The van der Waals surface area contributed by atoms with E-state index in [0.717, 1.165) is 0 Å². The third-order valence-corrected chi connectivity index (χ3v) is 5.99. The van der Waals surface area contributed by atoms with Gasteiger partial charge in [-0.2, -0.15) is 0 Å². The van der Waals surface area contributed by atoms with Crippen LogP contribution >= 0.6 is 0 Å². The van der Waals surface area contributed by atoms with Crippen LogP contribution in [0.3, 0.4) is 0 Å². The van der Waals surface area contributed by atoms with Gasteiger partial charge in [0, 0.05) is 6.42 Å². The fourth-order valence-corrected chi connectivity index (χ4v) is 3.86. The maximum atomic E-state index is 9.55. The van der Waals surface area contributed by atoms with Crippen LogP contribution in [0, 0.1) is 6.42 Å². The van der Waals surface area contributed by atoms with Crippen molar-refractivity contribution < 1.29 is 28.3 Å². The normalized spacial score (nSPS) is 11.5. The predicted molar refractivity (Wildman–Crippen MR) is 118 cm³/mol. The summed E-state index contributed by atoms with van der Waals surface area (Å²) in [7, 11) is 0. The molecular weight excluding hydrogens is 415 g/mol. The molecule has 3 nitrogen and oxygen atoms in total. The molecule has 0 amide bonds. The summed E-state index contributed by atoms with van der Waals surface area (Å²) in [5, 5.41) is 3.79. The van der Waals surface area contributed by atoms with E-state index in [-0.39, 0.29) is 0 Å². The number of hydrogen-bond donors (Lipinski definition) is 0. The SMILES string of the molecule is O=[CH][Mn]([CH]=O)[CH]=O.[CH]1c2ccccc2-c2cc(-c3cccc4ccccc34)ccc21. The van der Waals surface area contributed by atoms with Crippen molar-refractivity contribution in [1.29, 1.82) is 0 Å². The Balaban J connectivity index is 0.000000272. The topological polar surface area (TPSA) is 51.2 Å². The van der Waals surface area contributed by atoms with Crippen molar-refractivity contribution in [2.45, 2.75) is 0 Å². The van der Waals surface area contributed by atoms with E-state index >= 15 is 0 Å². The molecule has 147 valence electrons. The number of hydrogen-bond acceptors (Lipinski definition) is 3. The minimum Gasteiger partial charge on any atom is -0.0619 e. The van der Waals surface area contributed by atoms with Crippen LogP contribution in [-0.4, -0.2) is 15.6 Å². The Morgan fingerprint density at radius 3 is 1.97 bits per heavy atom. The van der Waals surface area contributed by atoms with Crippen molar-refractivity contribution in [2.24, 2.45) is 0 Å². The number of carbonyl (C=O) groups is 3. The molecule has 4 heteroatoms. The zero-order chi connectivity index (χ0) is 20.9. The Labute approximate surface area is 179 Å². The molecule has 4 aromatic carbocycles. The molecule has 1 aliphatic carbocycles. The first-order chi connectivity index (χ1) is 14.7. The summed E-state index contributed by atoms with van der Waals surface area (Å²) in [5.41, 5.74) is 7.89. The second-order valence-corrected chi connectivity index (χ2v) is 8.72. The van der Waals surface area contributed by atoms with E-state index in [4.69, 9.17) is 0 Å². The van der Waals surface area contributed by atoms with Gasteiger partial charge in [-0.15, -0.1) is 0 Å². The monoisotopic (exact) mass is 433 g/mol. The molecule has 0 saturated carbocycles. The third-order valence-electron chi connectivity index (χ3n) is 5.02. The van der Waals surface area contributed by atoms with Crippen LogP contribution in [0.2, 0.25) is 0 Å². The number of rotatable bonds is 4. The second kappa shape index (κ2) is 9.00. The average Bonchev–Trinajstić information content (AvgIpc) is 3.18. The fourth-order valence-electron chi connectivity index (χ4n) is 3.66. The molecule has 4 aromatic rings. The van der Waals surface area contributed by atoms with Gasteiger partial charge in [-0.25, -0.2) is 0 Å². The summed E-state index contributed by atoms with van der Waals surface area (Å²) >= 11 is -1.92. The van der Waals surface area contributed by atoms with Crippen LogP contribution in [-0.2, 0) is 28.3 Å². The van der Waals surface area contributed by atoms with E-state index in [1.165, 1.54) is 44.2 Å². The second-order valence-electron chi connectivity index (χ2n) is 6.71. The summed E-state index contributed by atoms with van der Waals surface area (Å²) in [5.74, 6) is 0. The van der Waals surface area contributed by atoms with Crippen LogP contribution in [0.15, 0.2) is 84.9 Å².